The normalized spacial score (nSPS) is 10.5. The first-order valence-electron chi connectivity index (χ1n) is 23.0. The lowest BCUT2D eigenvalue weighted by Gasteiger charge is -2.25. The summed E-state index contributed by atoms with van der Waals surface area (Å²) in [6.07, 6.45) is 0. The van der Waals surface area contributed by atoms with Gasteiger partial charge in [0.2, 0.25) is 0 Å². The van der Waals surface area contributed by atoms with Crippen LogP contribution in [0.4, 0.5) is 42.9 Å². The zero-order chi connectivity index (χ0) is 51.3. The SMILES string of the molecule is Cc1ccc(C(=O)N(c2ccccc2)c2ccc(O)cc2)cc1F.Cc1ccc(CN(c2ccc(O)cc2)c2ccc(F)cc2)cc1.Cc1cccc(C(=O)N(c2ccc(O)cc2)c2ccc(O)cc2)c1C. The smallest absolute Gasteiger partial charge is 0.263 e. The van der Waals surface area contributed by atoms with Crippen LogP contribution in [0.2, 0.25) is 0 Å². The molecule has 4 N–H and O–H groups in total. The lowest BCUT2D eigenvalue weighted by Crippen LogP contribution is -2.26. The number of aryl methyl sites for hydroxylation is 3. The number of hydrogen-bond donors (Lipinski definition) is 4. The number of anilines is 6. The quantitative estimate of drug-likeness (QED) is 0.108. The van der Waals surface area contributed by atoms with Gasteiger partial charge in [-0.05, 0) is 202 Å². The van der Waals surface area contributed by atoms with Gasteiger partial charge in [0, 0.05) is 51.8 Å². The van der Waals surface area contributed by atoms with Crippen LogP contribution < -0.4 is 14.7 Å². The molecule has 0 bridgehead atoms. The van der Waals surface area contributed by atoms with Crippen LogP contribution in [0, 0.1) is 39.3 Å². The molecule has 11 heteroatoms. The Kier molecular flexibility index (Phi) is 16.5. The number of hydrogen-bond acceptors (Lipinski definition) is 7. The van der Waals surface area contributed by atoms with Gasteiger partial charge in [0.25, 0.3) is 11.8 Å². The van der Waals surface area contributed by atoms with Crippen LogP contribution in [-0.4, -0.2) is 32.2 Å². The molecule has 0 saturated heterocycles. The number of para-hydroxylation sites is 1. The van der Waals surface area contributed by atoms with E-state index in [0.29, 0.717) is 40.4 Å². The average Bonchev–Trinajstić information content (AvgIpc) is 3.38. The highest BCUT2D eigenvalue weighted by atomic mass is 19.1. The molecule has 0 spiro atoms. The molecule has 9 nitrogen and oxygen atoms in total. The van der Waals surface area contributed by atoms with Crippen LogP contribution in [0.3, 0.4) is 0 Å². The first-order valence-corrected chi connectivity index (χ1v) is 23.0. The van der Waals surface area contributed by atoms with Crippen LogP contribution in [0.1, 0.15) is 48.5 Å². The number of amides is 2. The lowest BCUT2D eigenvalue weighted by molar-refractivity contribution is 0.0990. The van der Waals surface area contributed by atoms with Crippen LogP contribution >= 0.6 is 0 Å². The molecule has 0 aliphatic carbocycles. The maximum atomic E-state index is 13.9. The van der Waals surface area contributed by atoms with E-state index >= 15 is 0 Å². The van der Waals surface area contributed by atoms with Crippen LogP contribution in [0.25, 0.3) is 0 Å². The summed E-state index contributed by atoms with van der Waals surface area (Å²) in [6, 6.07) is 60.2. The van der Waals surface area contributed by atoms with E-state index in [1.165, 1.54) is 40.8 Å². The van der Waals surface area contributed by atoms with Crippen molar-refractivity contribution >= 4 is 45.9 Å². The molecule has 9 aromatic carbocycles. The van der Waals surface area contributed by atoms with Gasteiger partial charge in [-0.25, -0.2) is 8.78 Å². The van der Waals surface area contributed by atoms with Gasteiger partial charge in [0.1, 0.15) is 34.6 Å². The van der Waals surface area contributed by atoms with E-state index in [9.17, 15) is 38.8 Å². The Balaban J connectivity index is 0.000000159. The Labute approximate surface area is 418 Å². The number of carbonyl (C=O) groups excluding carboxylic acids is 2. The molecule has 2 amide bonds. The van der Waals surface area contributed by atoms with Crippen molar-refractivity contribution in [2.24, 2.45) is 0 Å². The Hall–Kier alpha value is -9.22. The fraction of sp³-hybridized carbons (Fsp3) is 0.0820. The second-order valence-corrected chi connectivity index (χ2v) is 16.9. The summed E-state index contributed by atoms with van der Waals surface area (Å²) in [5.41, 5.74) is 10.1. The highest BCUT2D eigenvalue weighted by Crippen LogP contribution is 2.33. The van der Waals surface area contributed by atoms with E-state index in [-0.39, 0.29) is 46.2 Å². The molecule has 0 radical (unpaired) electrons. The van der Waals surface area contributed by atoms with E-state index in [4.69, 9.17) is 0 Å². The van der Waals surface area contributed by atoms with Crippen LogP contribution in [0.15, 0.2) is 212 Å². The number of phenolic OH excluding ortho intramolecular Hbond substituents is 4. The molecular formula is C61H53F2N3O6. The number of nitrogens with zero attached hydrogens (tertiary/aromatic N) is 3. The molecule has 9 rings (SSSR count). The Morgan fingerprint density at radius 3 is 1.32 bits per heavy atom. The van der Waals surface area contributed by atoms with Crippen molar-refractivity contribution in [1.29, 1.82) is 0 Å². The van der Waals surface area contributed by atoms with Gasteiger partial charge in [0.15, 0.2) is 0 Å². The number of aromatic hydroxyl groups is 4. The zero-order valence-electron chi connectivity index (χ0n) is 40.1. The molecule has 0 saturated carbocycles. The van der Waals surface area contributed by atoms with Crippen molar-refractivity contribution in [3.63, 3.8) is 0 Å². The number of phenols is 4. The average molecular weight is 962 g/mol. The van der Waals surface area contributed by atoms with Crippen LogP contribution in [0.5, 0.6) is 23.0 Å². The minimum Gasteiger partial charge on any atom is -0.508 e. The van der Waals surface area contributed by atoms with Crippen LogP contribution in [-0.2, 0) is 6.54 Å². The van der Waals surface area contributed by atoms with Crippen molar-refractivity contribution in [1.82, 2.24) is 0 Å². The molecule has 0 heterocycles. The monoisotopic (exact) mass is 961 g/mol. The molecule has 0 fully saturated rings. The summed E-state index contributed by atoms with van der Waals surface area (Å²) in [5, 5.41) is 38.1. The molecule has 0 aliphatic heterocycles. The van der Waals surface area contributed by atoms with Crippen molar-refractivity contribution in [3.8, 4) is 23.0 Å². The standard InChI is InChI=1S/C21H19NO3.C20H16FNO2.C20H18FNO/c1-14-4-3-5-20(15(14)2)21(25)22(16-6-10-18(23)11-7-16)17-8-12-19(24)13-9-17;1-14-7-8-15(13-19(14)21)20(24)22(16-5-3-2-4-6-16)17-9-11-18(23)12-10-17;1-15-2-4-16(5-3-15)14-22(18-8-6-17(21)7-9-18)19-10-12-20(23)13-11-19/h3-13,23-24H,1-2H3;2-13,23H,1H3;2-13,23H,14H2,1H3. The zero-order valence-corrected chi connectivity index (χ0v) is 40.1. The second-order valence-electron chi connectivity index (χ2n) is 16.9. The summed E-state index contributed by atoms with van der Waals surface area (Å²) >= 11 is 0. The maximum absolute atomic E-state index is 13.9. The first-order chi connectivity index (χ1) is 34.6. The third-order valence-electron chi connectivity index (χ3n) is 11.8. The second kappa shape index (κ2) is 23.4. The Morgan fingerprint density at radius 2 is 0.847 bits per heavy atom. The summed E-state index contributed by atoms with van der Waals surface area (Å²) in [5.74, 6) is -0.580. The predicted molar refractivity (Wildman–Crippen MR) is 282 cm³/mol. The van der Waals surface area contributed by atoms with Gasteiger partial charge in [-0.1, -0.05) is 66.2 Å². The van der Waals surface area contributed by atoms with E-state index in [0.717, 1.165) is 28.1 Å². The fourth-order valence-electron chi connectivity index (χ4n) is 7.57. The summed E-state index contributed by atoms with van der Waals surface area (Å²) in [4.78, 5) is 31.4. The topological polar surface area (TPSA) is 125 Å². The van der Waals surface area contributed by atoms with Gasteiger partial charge in [-0.2, -0.15) is 0 Å². The van der Waals surface area contributed by atoms with Crippen molar-refractivity contribution in [2.75, 3.05) is 14.7 Å². The number of rotatable bonds is 10. The van der Waals surface area contributed by atoms with Crippen molar-refractivity contribution < 1.29 is 38.8 Å². The Morgan fingerprint density at radius 1 is 0.417 bits per heavy atom. The third-order valence-corrected chi connectivity index (χ3v) is 11.8. The number of benzene rings is 9. The molecule has 0 aromatic heterocycles. The van der Waals surface area contributed by atoms with Gasteiger partial charge >= 0.3 is 0 Å². The molecule has 0 unspecified atom stereocenters. The molecule has 0 atom stereocenters. The summed E-state index contributed by atoms with van der Waals surface area (Å²) in [7, 11) is 0. The van der Waals surface area contributed by atoms with E-state index < -0.39 is 5.82 Å². The van der Waals surface area contributed by atoms with E-state index in [1.807, 2.05) is 56.3 Å². The van der Waals surface area contributed by atoms with Gasteiger partial charge < -0.3 is 25.3 Å². The molecule has 9 aromatic rings. The van der Waals surface area contributed by atoms with Gasteiger partial charge in [-0.15, -0.1) is 0 Å². The third kappa shape index (κ3) is 12.9. The van der Waals surface area contributed by atoms with E-state index in [1.54, 1.807) is 127 Å². The largest absolute Gasteiger partial charge is 0.508 e. The van der Waals surface area contributed by atoms with E-state index in [2.05, 4.69) is 36.1 Å². The molecule has 362 valence electrons. The first kappa shape index (κ1) is 50.7. The molecule has 0 aliphatic rings. The summed E-state index contributed by atoms with van der Waals surface area (Å²) in [6.45, 7) is 8.27. The minimum absolute atomic E-state index is 0.112. The maximum Gasteiger partial charge on any atom is 0.263 e. The van der Waals surface area contributed by atoms with Gasteiger partial charge in [-0.3, -0.25) is 19.4 Å². The molecule has 72 heavy (non-hydrogen) atoms. The molecular weight excluding hydrogens is 909 g/mol. The Bertz CT molecular complexity index is 3130. The summed E-state index contributed by atoms with van der Waals surface area (Å²) < 4.78 is 27.1. The lowest BCUT2D eigenvalue weighted by atomic mass is 10.0. The van der Waals surface area contributed by atoms with Crippen molar-refractivity contribution in [2.45, 2.75) is 34.2 Å². The predicted octanol–water partition coefficient (Wildman–Crippen LogP) is 14.7. The highest BCUT2D eigenvalue weighted by molar-refractivity contribution is 6.12. The number of carbonyl (C=O) groups is 2. The number of halogens is 2. The minimum atomic E-state index is -0.417. The highest BCUT2D eigenvalue weighted by Gasteiger charge is 2.23. The fourth-order valence-corrected chi connectivity index (χ4v) is 7.57. The van der Waals surface area contributed by atoms with Crippen molar-refractivity contribution in [3.05, 3.63) is 263 Å². The van der Waals surface area contributed by atoms with Gasteiger partial charge in [0.05, 0.1) is 0 Å².